The summed E-state index contributed by atoms with van der Waals surface area (Å²) >= 11 is 0. The second-order valence-electron chi connectivity index (χ2n) is 17.8. The van der Waals surface area contributed by atoms with Crippen LogP contribution in [0.1, 0.15) is 112 Å². The van der Waals surface area contributed by atoms with E-state index in [2.05, 4.69) is 146 Å². The number of pyridine rings is 2. The zero-order valence-electron chi connectivity index (χ0n) is 39.3. The molecule has 0 aliphatic carbocycles. The molecule has 0 fully saturated rings. The number of furan rings is 1. The van der Waals surface area contributed by atoms with Gasteiger partial charge >= 0.3 is 0 Å². The van der Waals surface area contributed by atoms with Crippen molar-refractivity contribution in [2.24, 2.45) is 0 Å². The van der Waals surface area contributed by atoms with Gasteiger partial charge in [0, 0.05) is 47.8 Å². The molecule has 0 aliphatic heterocycles. The van der Waals surface area contributed by atoms with Crippen LogP contribution in [0.4, 0.5) is 4.39 Å². The first-order valence-corrected chi connectivity index (χ1v) is 20.9. The third kappa shape index (κ3) is 8.69. The maximum absolute atomic E-state index is 12.8. The first kappa shape index (κ1) is 39.6. The van der Waals surface area contributed by atoms with Crippen LogP contribution >= 0.6 is 0 Å². The molecule has 61 heavy (non-hydrogen) atoms. The van der Waals surface area contributed by atoms with Crippen LogP contribution in [0, 0.1) is 24.8 Å². The molecule has 311 valence electrons. The molecule has 9 aromatic rings. The molecule has 5 heteroatoms. The van der Waals surface area contributed by atoms with E-state index in [4.69, 9.17) is 13.5 Å². The molecular weight excluding hydrogens is 928 g/mol. The van der Waals surface area contributed by atoms with Crippen molar-refractivity contribution in [2.75, 3.05) is 0 Å². The molecule has 0 N–H and O–H groups in total. The van der Waals surface area contributed by atoms with E-state index in [1.165, 1.54) is 40.2 Å². The number of rotatable bonds is 6. The van der Waals surface area contributed by atoms with Gasteiger partial charge in [0.15, 0.2) is 0 Å². The van der Waals surface area contributed by atoms with Crippen molar-refractivity contribution >= 4 is 43.5 Å². The van der Waals surface area contributed by atoms with E-state index in [9.17, 15) is 4.39 Å². The molecule has 0 bridgehead atoms. The predicted molar refractivity (Wildman–Crippen MR) is 250 cm³/mol. The third-order valence-electron chi connectivity index (χ3n) is 11.5. The Kier molecular flexibility index (Phi) is 11.4. The average Bonchev–Trinajstić information content (AvgIpc) is 3.62. The Bertz CT molecular complexity index is 3100. The number of halogens is 1. The topological polar surface area (TPSA) is 38.9 Å². The Balaban J connectivity index is 0.000000286. The Morgan fingerprint density at radius 3 is 2.03 bits per heavy atom. The number of aryl methyl sites for hydroxylation is 1. The van der Waals surface area contributed by atoms with Crippen LogP contribution in [0.2, 0.25) is 0 Å². The molecular formula is C56H53FIrN2O-2. The van der Waals surface area contributed by atoms with Crippen molar-refractivity contribution in [3.8, 4) is 33.6 Å². The minimum absolute atomic E-state index is 0. The zero-order valence-corrected chi connectivity index (χ0v) is 38.7. The van der Waals surface area contributed by atoms with E-state index in [1.807, 2.05) is 30.5 Å². The van der Waals surface area contributed by atoms with Gasteiger partial charge in [0.1, 0.15) is 5.58 Å². The van der Waals surface area contributed by atoms with Crippen molar-refractivity contribution in [1.29, 1.82) is 0 Å². The van der Waals surface area contributed by atoms with Crippen molar-refractivity contribution in [1.82, 2.24) is 9.97 Å². The number of fused-ring (bicyclic) bond motifs is 6. The summed E-state index contributed by atoms with van der Waals surface area (Å²) in [6.07, 6.45) is 3.41. The largest absolute Gasteiger partial charge is 0.501 e. The fourth-order valence-electron chi connectivity index (χ4n) is 8.06. The van der Waals surface area contributed by atoms with Crippen LogP contribution in [0.25, 0.3) is 77.1 Å². The second-order valence-corrected chi connectivity index (χ2v) is 17.8. The van der Waals surface area contributed by atoms with E-state index >= 15 is 0 Å². The fraction of sp³-hybridized carbons (Fsp3) is 0.250. The predicted octanol–water partition coefficient (Wildman–Crippen LogP) is 16.1. The summed E-state index contributed by atoms with van der Waals surface area (Å²) in [6.45, 7) is 17.2. The van der Waals surface area contributed by atoms with Gasteiger partial charge in [0.25, 0.3) is 0 Å². The van der Waals surface area contributed by atoms with Crippen LogP contribution in [0.5, 0.6) is 0 Å². The maximum atomic E-state index is 12.8. The number of hydrogen-bond acceptors (Lipinski definition) is 3. The molecule has 1 radical (unpaired) electrons. The zero-order chi connectivity index (χ0) is 45.0. The van der Waals surface area contributed by atoms with Crippen molar-refractivity contribution in [2.45, 2.75) is 92.3 Å². The molecule has 3 aromatic heterocycles. The van der Waals surface area contributed by atoms with Crippen LogP contribution in [0.15, 0.2) is 126 Å². The Labute approximate surface area is 378 Å². The first-order valence-electron chi connectivity index (χ1n) is 22.4. The number of aromatic nitrogens is 2. The van der Waals surface area contributed by atoms with Gasteiger partial charge in [-0.15, -0.1) is 48.0 Å². The molecule has 9 rings (SSSR count). The molecule has 0 unspecified atom stereocenters. The summed E-state index contributed by atoms with van der Waals surface area (Å²) in [4.78, 5) is 9.15. The van der Waals surface area contributed by atoms with E-state index in [0.29, 0.717) is 22.8 Å². The molecule has 0 aliphatic rings. The van der Waals surface area contributed by atoms with E-state index < -0.39 is 6.85 Å². The summed E-state index contributed by atoms with van der Waals surface area (Å²) in [5.74, 6) is 0.472. The minimum atomic E-state index is -2.34. The second kappa shape index (κ2) is 17.5. The Morgan fingerprint density at radius 2 is 1.39 bits per heavy atom. The standard InChI is InChI=1S/C41H38NO.C15H15FN.Ir/c1-23(2)29-18-33(24(3)4)40(34(19-29)25(5)6)35-20-38(42-22-26(35)7)32-14-10-13-31-37-17-28-16-15-27-11-8-9-12-30(27)36(28)21-39(37)43-41(31)32;1-15(2,3)12-6-9-14(17-10-12)11-4-7-13(16)8-5-11;/h8-13,15-25H,1-7H3;4,6-10H,1-3H3;/q2*-1;/i7D3;;. The number of nitrogens with zero attached hydrogens (tertiary/aromatic N) is 2. The minimum Gasteiger partial charge on any atom is -0.501 e. The summed E-state index contributed by atoms with van der Waals surface area (Å²) in [5.41, 5.74) is 11.3. The van der Waals surface area contributed by atoms with Gasteiger partial charge in [0.2, 0.25) is 0 Å². The normalized spacial score (nSPS) is 12.8. The van der Waals surface area contributed by atoms with Crippen molar-refractivity contribution in [3.05, 3.63) is 167 Å². The molecule has 0 amide bonds. The van der Waals surface area contributed by atoms with Crippen LogP contribution in [-0.2, 0) is 25.5 Å². The molecule has 0 atom stereocenters. The first-order chi connectivity index (χ1) is 29.9. The fourth-order valence-corrected chi connectivity index (χ4v) is 8.06. The average molecular weight is 984 g/mol. The summed E-state index contributed by atoms with van der Waals surface area (Å²) in [6, 6.07) is 42.2. The van der Waals surface area contributed by atoms with Crippen LogP contribution < -0.4 is 0 Å². The third-order valence-corrected chi connectivity index (χ3v) is 11.5. The molecule has 0 spiro atoms. The summed E-state index contributed by atoms with van der Waals surface area (Å²) in [7, 11) is 0. The molecule has 0 saturated carbocycles. The quantitative estimate of drug-likeness (QED) is 0.123. The van der Waals surface area contributed by atoms with E-state index in [-0.39, 0.29) is 48.7 Å². The summed E-state index contributed by atoms with van der Waals surface area (Å²) < 4.78 is 44.9. The summed E-state index contributed by atoms with van der Waals surface area (Å²) in [5, 5.41) is 6.68. The van der Waals surface area contributed by atoms with Gasteiger partial charge in [-0.2, -0.15) is 0 Å². The van der Waals surface area contributed by atoms with Gasteiger partial charge in [-0.1, -0.05) is 140 Å². The van der Waals surface area contributed by atoms with Gasteiger partial charge in [0.05, 0.1) is 5.58 Å². The molecule has 3 heterocycles. The molecule has 3 nitrogen and oxygen atoms in total. The van der Waals surface area contributed by atoms with Crippen molar-refractivity contribution < 1.29 is 33.0 Å². The maximum Gasteiger partial charge on any atom is 0.121 e. The van der Waals surface area contributed by atoms with E-state index in [0.717, 1.165) is 60.6 Å². The van der Waals surface area contributed by atoms with Crippen LogP contribution in [0.3, 0.4) is 0 Å². The number of hydrogen-bond donors (Lipinski definition) is 0. The van der Waals surface area contributed by atoms with E-state index in [1.54, 1.807) is 6.07 Å². The smallest absolute Gasteiger partial charge is 0.121 e. The Hall–Kier alpha value is -5.48. The monoisotopic (exact) mass is 984 g/mol. The van der Waals surface area contributed by atoms with Crippen molar-refractivity contribution in [3.63, 3.8) is 0 Å². The van der Waals surface area contributed by atoms with Crippen LogP contribution in [-0.4, -0.2) is 9.97 Å². The van der Waals surface area contributed by atoms with Gasteiger partial charge in [-0.3, -0.25) is 4.39 Å². The SMILES string of the molecule is CC(C)(C)c1ccc(-c2[c-]cc(F)cc2)nc1.[2H]C([2H])([2H])c1cnc(-c2[c-]ccc3c2oc2cc4c(ccc5ccccc54)cc23)cc1-c1c(C(C)C)cc(C(C)C)cc1C(C)C.[Ir]. The van der Waals surface area contributed by atoms with Gasteiger partial charge in [-0.05, 0) is 114 Å². The van der Waals surface area contributed by atoms with Gasteiger partial charge < -0.3 is 14.4 Å². The van der Waals surface area contributed by atoms with Gasteiger partial charge in [-0.25, -0.2) is 0 Å². The molecule has 0 saturated heterocycles. The molecule has 6 aromatic carbocycles. The Morgan fingerprint density at radius 1 is 0.672 bits per heavy atom. The number of benzene rings is 6.